The van der Waals surface area contributed by atoms with Crippen LogP contribution < -0.4 is 5.32 Å². The van der Waals surface area contributed by atoms with E-state index in [2.05, 4.69) is 5.32 Å². The molecule has 23 heavy (non-hydrogen) atoms. The summed E-state index contributed by atoms with van der Waals surface area (Å²) < 4.78 is 25.0. The van der Waals surface area contributed by atoms with Crippen LogP contribution in [0, 0.1) is 5.82 Å². The highest BCUT2D eigenvalue weighted by Gasteiger charge is 2.28. The number of carbonyl (C=O) groups is 1. The molecule has 1 heterocycles. The Morgan fingerprint density at radius 3 is 3.09 bits per heavy atom. The Morgan fingerprint density at radius 1 is 1.43 bits per heavy atom. The first-order chi connectivity index (χ1) is 11.1. The maximum Gasteiger partial charge on any atom is 0.249 e. The maximum absolute atomic E-state index is 13.7. The first-order valence-corrected chi connectivity index (χ1v) is 8.46. The molecule has 126 valence electrons. The molecule has 5 heteroatoms. The predicted octanol–water partition coefficient (Wildman–Crippen LogP) is 2.90. The second-order valence-corrected chi connectivity index (χ2v) is 6.37. The molecule has 0 saturated carbocycles. The average Bonchev–Trinajstić information content (AvgIpc) is 2.98. The second kappa shape index (κ2) is 7.41. The molecule has 0 spiro atoms. The zero-order chi connectivity index (χ0) is 16.2. The molecule has 3 atom stereocenters. The maximum atomic E-state index is 13.7. The lowest BCUT2D eigenvalue weighted by Crippen LogP contribution is -2.38. The van der Waals surface area contributed by atoms with Crippen LogP contribution in [0.25, 0.3) is 0 Å². The molecule has 1 aliphatic carbocycles. The number of carbonyl (C=O) groups excluding carboxylic acids is 1. The van der Waals surface area contributed by atoms with Crippen molar-refractivity contribution in [1.29, 1.82) is 0 Å². The molecule has 0 aromatic heterocycles. The van der Waals surface area contributed by atoms with Crippen molar-refractivity contribution < 1.29 is 18.7 Å². The number of fused-ring (bicyclic) bond motifs is 1. The summed E-state index contributed by atoms with van der Waals surface area (Å²) in [5, 5.41) is 2.98. The van der Waals surface area contributed by atoms with E-state index in [1.54, 1.807) is 13.0 Å². The van der Waals surface area contributed by atoms with E-state index in [-0.39, 0.29) is 23.9 Å². The third-order valence-corrected chi connectivity index (χ3v) is 4.71. The highest BCUT2D eigenvalue weighted by molar-refractivity contribution is 5.81. The third-order valence-electron chi connectivity index (χ3n) is 4.71. The molecule has 1 aliphatic heterocycles. The zero-order valence-corrected chi connectivity index (χ0v) is 13.5. The lowest BCUT2D eigenvalue weighted by atomic mass is 10.1. The number of halogens is 1. The molecule has 1 amide bonds. The van der Waals surface area contributed by atoms with Gasteiger partial charge in [0.15, 0.2) is 0 Å². The number of rotatable bonds is 5. The monoisotopic (exact) mass is 321 g/mol. The van der Waals surface area contributed by atoms with Crippen molar-refractivity contribution >= 4 is 5.91 Å². The van der Waals surface area contributed by atoms with Gasteiger partial charge in [-0.25, -0.2) is 4.39 Å². The zero-order valence-electron chi connectivity index (χ0n) is 13.5. The van der Waals surface area contributed by atoms with Crippen molar-refractivity contribution in [2.45, 2.75) is 57.3 Å². The fourth-order valence-corrected chi connectivity index (χ4v) is 3.31. The number of benzene rings is 1. The molecular weight excluding hydrogens is 297 g/mol. The number of amides is 1. The minimum atomic E-state index is -0.530. The first-order valence-electron chi connectivity index (χ1n) is 8.46. The normalized spacial score (nSPS) is 25.0. The van der Waals surface area contributed by atoms with Gasteiger partial charge in [-0.1, -0.05) is 12.1 Å². The summed E-state index contributed by atoms with van der Waals surface area (Å²) in [5.41, 5.74) is 1.61. The quantitative estimate of drug-likeness (QED) is 0.907. The molecule has 1 saturated heterocycles. The number of hydrogen-bond acceptors (Lipinski definition) is 3. The molecule has 4 nitrogen and oxygen atoms in total. The van der Waals surface area contributed by atoms with E-state index in [1.807, 2.05) is 6.07 Å². The van der Waals surface area contributed by atoms with Gasteiger partial charge in [0.1, 0.15) is 11.9 Å². The van der Waals surface area contributed by atoms with Gasteiger partial charge in [-0.05, 0) is 56.2 Å². The van der Waals surface area contributed by atoms with Gasteiger partial charge in [-0.15, -0.1) is 0 Å². The summed E-state index contributed by atoms with van der Waals surface area (Å²) >= 11 is 0. The first kappa shape index (κ1) is 16.4. The standard InChI is InChI=1S/C18H24FNO3/c1-12(23-11-13-5-2-3-10-22-13)18(21)20-17-9-8-14-15(17)6-4-7-16(14)19/h4,6-7,12-13,17H,2-3,5,8-11H2,1H3,(H,20,21)/t12-,13-,17-/m1/s1. The molecule has 1 fully saturated rings. The van der Waals surface area contributed by atoms with Crippen molar-refractivity contribution in [2.24, 2.45) is 0 Å². The van der Waals surface area contributed by atoms with Crippen LogP contribution in [0.3, 0.4) is 0 Å². The largest absolute Gasteiger partial charge is 0.376 e. The molecular formula is C18H24FNO3. The fourth-order valence-electron chi connectivity index (χ4n) is 3.31. The van der Waals surface area contributed by atoms with E-state index in [0.29, 0.717) is 13.0 Å². The molecule has 0 radical (unpaired) electrons. The van der Waals surface area contributed by atoms with Crippen molar-refractivity contribution in [2.75, 3.05) is 13.2 Å². The summed E-state index contributed by atoms with van der Waals surface area (Å²) in [6.45, 7) is 2.98. The van der Waals surface area contributed by atoms with E-state index in [9.17, 15) is 9.18 Å². The summed E-state index contributed by atoms with van der Waals surface area (Å²) in [5.74, 6) is -0.332. The SMILES string of the molecule is C[C@@H](OC[C@H]1CCCCO1)C(=O)N[C@@H]1CCc2c(F)cccc21. The third kappa shape index (κ3) is 3.90. The van der Waals surface area contributed by atoms with Gasteiger partial charge in [0.25, 0.3) is 0 Å². The highest BCUT2D eigenvalue weighted by Crippen LogP contribution is 2.32. The van der Waals surface area contributed by atoms with Gasteiger partial charge in [0.05, 0.1) is 18.8 Å². The van der Waals surface area contributed by atoms with Gasteiger partial charge in [0, 0.05) is 6.61 Å². The Morgan fingerprint density at radius 2 is 2.30 bits per heavy atom. The molecule has 1 aromatic rings. The Balaban J connectivity index is 1.50. The van der Waals surface area contributed by atoms with Gasteiger partial charge in [-0.2, -0.15) is 0 Å². The number of nitrogens with one attached hydrogen (secondary N) is 1. The topological polar surface area (TPSA) is 47.6 Å². The van der Waals surface area contributed by atoms with Crippen LogP contribution in [0.4, 0.5) is 4.39 Å². The second-order valence-electron chi connectivity index (χ2n) is 6.37. The highest BCUT2D eigenvalue weighted by atomic mass is 19.1. The van der Waals surface area contributed by atoms with Crippen LogP contribution in [0.15, 0.2) is 18.2 Å². The molecule has 0 bridgehead atoms. The fraction of sp³-hybridized carbons (Fsp3) is 0.611. The van der Waals surface area contributed by atoms with Crippen molar-refractivity contribution in [1.82, 2.24) is 5.32 Å². The predicted molar refractivity (Wildman–Crippen MR) is 84.6 cm³/mol. The molecule has 0 unspecified atom stereocenters. The van der Waals surface area contributed by atoms with E-state index in [0.717, 1.165) is 43.4 Å². The van der Waals surface area contributed by atoms with Gasteiger partial charge in [0.2, 0.25) is 5.91 Å². The van der Waals surface area contributed by atoms with E-state index in [4.69, 9.17) is 9.47 Å². The van der Waals surface area contributed by atoms with Crippen LogP contribution >= 0.6 is 0 Å². The Hall–Kier alpha value is -1.46. The van der Waals surface area contributed by atoms with Crippen molar-refractivity contribution in [3.8, 4) is 0 Å². The molecule has 1 aromatic carbocycles. The summed E-state index contributed by atoms with van der Waals surface area (Å²) in [4.78, 5) is 12.3. The number of hydrogen-bond donors (Lipinski definition) is 1. The number of ether oxygens (including phenoxy) is 2. The van der Waals surface area contributed by atoms with E-state index < -0.39 is 6.10 Å². The summed E-state index contributed by atoms with van der Waals surface area (Å²) in [6.07, 6.45) is 4.21. The molecule has 1 N–H and O–H groups in total. The van der Waals surface area contributed by atoms with Crippen LogP contribution in [-0.2, 0) is 20.7 Å². The Labute approximate surface area is 136 Å². The van der Waals surface area contributed by atoms with Crippen LogP contribution in [0.1, 0.15) is 49.8 Å². The van der Waals surface area contributed by atoms with Gasteiger partial charge < -0.3 is 14.8 Å². The van der Waals surface area contributed by atoms with Crippen molar-refractivity contribution in [3.05, 3.63) is 35.1 Å². The minimum absolute atomic E-state index is 0.0975. The summed E-state index contributed by atoms with van der Waals surface area (Å²) in [6, 6.07) is 4.93. The van der Waals surface area contributed by atoms with Gasteiger partial charge in [-0.3, -0.25) is 4.79 Å². The van der Waals surface area contributed by atoms with Gasteiger partial charge >= 0.3 is 0 Å². The van der Waals surface area contributed by atoms with E-state index >= 15 is 0 Å². The van der Waals surface area contributed by atoms with Crippen LogP contribution in [0.5, 0.6) is 0 Å². The lowest BCUT2D eigenvalue weighted by molar-refractivity contribution is -0.136. The lowest BCUT2D eigenvalue weighted by Gasteiger charge is -2.24. The smallest absolute Gasteiger partial charge is 0.249 e. The van der Waals surface area contributed by atoms with Crippen LogP contribution in [0.2, 0.25) is 0 Å². The molecule has 3 rings (SSSR count). The van der Waals surface area contributed by atoms with E-state index in [1.165, 1.54) is 6.07 Å². The van der Waals surface area contributed by atoms with Crippen molar-refractivity contribution in [3.63, 3.8) is 0 Å². The Kier molecular flexibility index (Phi) is 5.28. The average molecular weight is 321 g/mol. The molecule has 2 aliphatic rings. The summed E-state index contributed by atoms with van der Waals surface area (Å²) in [7, 11) is 0. The minimum Gasteiger partial charge on any atom is -0.376 e. The Bertz CT molecular complexity index is 557. The van der Waals surface area contributed by atoms with Crippen LogP contribution in [-0.4, -0.2) is 31.3 Å².